The highest BCUT2D eigenvalue weighted by Gasteiger charge is 2.21. The van der Waals surface area contributed by atoms with Crippen molar-refractivity contribution < 1.29 is 35.5 Å². The van der Waals surface area contributed by atoms with Crippen LogP contribution < -0.4 is 21.1 Å². The summed E-state index contributed by atoms with van der Waals surface area (Å²) in [6.45, 7) is 7.97. The van der Waals surface area contributed by atoms with Gasteiger partial charge in [0.05, 0.1) is 42.2 Å². The lowest BCUT2D eigenvalue weighted by atomic mass is 10.1. The number of nitrogens with one attached hydrogen (secondary N) is 2. The lowest BCUT2D eigenvalue weighted by molar-refractivity contribution is -0.125. The predicted octanol–water partition coefficient (Wildman–Crippen LogP) is 7.57. The molecule has 0 saturated heterocycles. The van der Waals surface area contributed by atoms with Gasteiger partial charge < -0.3 is 25.7 Å². The van der Waals surface area contributed by atoms with Gasteiger partial charge in [-0.15, -0.1) is 0 Å². The number of fused-ring (bicyclic) bond motifs is 2. The molecule has 7 rings (SSSR count). The standard InChI is InChI=1S/C25H24ClN7O2S.2C7H8O3S/c1-25(2,27)24(34)28-9-11-33-10-8-18-22(33)23(30-14-29-18)32-15-6-7-20(17(26)12-15)35-19-4-3-5-21-16(19)13-31-36-21;2*1-6-2-4-7(5-3-6)11(8,9)10/h3-8,10,12-14H,9,11,27H2,1-2H3,(H,28,34)(H,29,30,32);2*2-5H,1H3,(H,8,9,10). The Bertz CT molecular complexity index is 2680. The fourth-order valence-electron chi connectivity index (χ4n) is 5.12. The van der Waals surface area contributed by atoms with Crippen LogP contribution >= 0.6 is 23.1 Å². The van der Waals surface area contributed by atoms with E-state index in [2.05, 4.69) is 25.0 Å². The Morgan fingerprint density at radius 3 is 2.07 bits per heavy atom. The van der Waals surface area contributed by atoms with Crippen molar-refractivity contribution in [2.75, 3.05) is 11.9 Å². The lowest BCUT2D eigenvalue weighted by Gasteiger charge is -2.18. The summed E-state index contributed by atoms with van der Waals surface area (Å²) in [7, 11) is -8.04. The van der Waals surface area contributed by atoms with Gasteiger partial charge >= 0.3 is 0 Å². The van der Waals surface area contributed by atoms with Crippen LogP contribution in [0, 0.1) is 13.8 Å². The molecule has 4 aromatic carbocycles. The smallest absolute Gasteiger partial charge is 0.294 e. The first-order valence-electron chi connectivity index (χ1n) is 17.3. The monoisotopic (exact) mass is 865 g/mol. The van der Waals surface area contributed by atoms with Crippen LogP contribution in [0.5, 0.6) is 11.5 Å². The Morgan fingerprint density at radius 2 is 1.50 bits per heavy atom. The Labute approximate surface area is 344 Å². The average Bonchev–Trinajstić information content (AvgIpc) is 3.81. The van der Waals surface area contributed by atoms with Crippen molar-refractivity contribution in [1.29, 1.82) is 0 Å². The SMILES string of the molecule is CC(C)(N)C(=O)NCCn1ccc2ncnc(Nc3ccc(Oc4cccc5sncc45)c(Cl)c3)c21.Cc1ccc(S(=O)(=O)O)cc1.Cc1ccc(S(=O)(=O)O)cc1. The zero-order chi connectivity index (χ0) is 42.3. The molecular formula is C39H40ClN7O8S3. The van der Waals surface area contributed by atoms with Crippen LogP contribution in [0.4, 0.5) is 11.5 Å². The van der Waals surface area contributed by atoms with Crippen molar-refractivity contribution in [1.82, 2.24) is 24.2 Å². The first kappa shape index (κ1) is 43.6. The first-order valence-corrected chi connectivity index (χ1v) is 21.4. The zero-order valence-electron chi connectivity index (χ0n) is 31.6. The van der Waals surface area contributed by atoms with Crippen molar-refractivity contribution in [3.63, 3.8) is 0 Å². The number of aryl methyl sites for hydroxylation is 2. The molecule has 0 saturated carbocycles. The van der Waals surface area contributed by atoms with Crippen molar-refractivity contribution in [2.24, 2.45) is 5.73 Å². The summed E-state index contributed by atoms with van der Waals surface area (Å²) in [5.41, 5.74) is 9.17. The van der Waals surface area contributed by atoms with Gasteiger partial charge in [-0.2, -0.15) is 21.2 Å². The van der Waals surface area contributed by atoms with Gasteiger partial charge in [0.25, 0.3) is 20.2 Å². The van der Waals surface area contributed by atoms with E-state index in [9.17, 15) is 21.6 Å². The molecule has 19 heteroatoms. The van der Waals surface area contributed by atoms with E-state index in [1.165, 1.54) is 42.1 Å². The van der Waals surface area contributed by atoms with E-state index in [1.807, 2.05) is 61.0 Å². The second kappa shape index (κ2) is 18.4. The Kier molecular flexibility index (Phi) is 13.9. The summed E-state index contributed by atoms with van der Waals surface area (Å²) in [6, 6.07) is 25.2. The molecule has 3 heterocycles. The minimum atomic E-state index is -4.02. The fourth-order valence-corrected chi connectivity index (χ4v) is 6.96. The lowest BCUT2D eigenvalue weighted by Crippen LogP contribution is -2.49. The number of aromatic nitrogens is 4. The molecule has 0 aliphatic heterocycles. The number of amides is 1. The number of nitrogens with two attached hydrogens (primary N) is 1. The van der Waals surface area contributed by atoms with E-state index in [4.69, 9.17) is 31.2 Å². The summed E-state index contributed by atoms with van der Waals surface area (Å²) in [4.78, 5) is 20.7. The number of rotatable bonds is 10. The molecule has 0 spiro atoms. The molecule has 0 bridgehead atoms. The molecule has 15 nitrogen and oxygen atoms in total. The molecule has 7 aromatic rings. The van der Waals surface area contributed by atoms with Crippen LogP contribution in [-0.2, 0) is 31.6 Å². The van der Waals surface area contributed by atoms with Gasteiger partial charge in [0.15, 0.2) is 5.82 Å². The number of hydrogen-bond acceptors (Lipinski definition) is 12. The topological polar surface area (TPSA) is 229 Å². The van der Waals surface area contributed by atoms with Crippen molar-refractivity contribution in [3.05, 3.63) is 126 Å². The molecule has 304 valence electrons. The van der Waals surface area contributed by atoms with E-state index in [0.717, 1.165) is 37.9 Å². The summed E-state index contributed by atoms with van der Waals surface area (Å²) in [5, 5.41) is 7.58. The summed E-state index contributed by atoms with van der Waals surface area (Å²) in [6.07, 6.45) is 5.20. The predicted molar refractivity (Wildman–Crippen MR) is 225 cm³/mol. The molecule has 0 aliphatic rings. The van der Waals surface area contributed by atoms with Crippen LogP contribution in [0.1, 0.15) is 25.0 Å². The van der Waals surface area contributed by atoms with E-state index < -0.39 is 25.8 Å². The molecule has 1 amide bonds. The number of hydrogen-bond donors (Lipinski definition) is 5. The van der Waals surface area contributed by atoms with E-state index in [0.29, 0.717) is 35.4 Å². The van der Waals surface area contributed by atoms with Crippen LogP contribution in [-0.4, -0.2) is 62.8 Å². The summed E-state index contributed by atoms with van der Waals surface area (Å²) < 4.78 is 72.4. The van der Waals surface area contributed by atoms with Crippen molar-refractivity contribution in [3.8, 4) is 11.5 Å². The van der Waals surface area contributed by atoms with E-state index in [1.54, 1.807) is 50.4 Å². The number of carbonyl (C=O) groups is 1. The Morgan fingerprint density at radius 1 is 0.879 bits per heavy atom. The van der Waals surface area contributed by atoms with Gasteiger partial charge in [0.2, 0.25) is 5.91 Å². The largest absolute Gasteiger partial charge is 0.455 e. The second-order valence-corrected chi connectivity index (χ2v) is 17.5. The minimum absolute atomic E-state index is 0.0666. The van der Waals surface area contributed by atoms with Crippen LogP contribution in [0.15, 0.2) is 120 Å². The quantitative estimate of drug-likeness (QED) is 0.0837. The van der Waals surface area contributed by atoms with Crippen LogP contribution in [0.3, 0.4) is 0 Å². The normalized spacial score (nSPS) is 11.6. The summed E-state index contributed by atoms with van der Waals surface area (Å²) >= 11 is 7.98. The van der Waals surface area contributed by atoms with Gasteiger partial charge in [0, 0.05) is 25.0 Å². The molecule has 0 atom stereocenters. The summed E-state index contributed by atoms with van der Waals surface area (Å²) in [5.74, 6) is 1.64. The van der Waals surface area contributed by atoms with E-state index >= 15 is 0 Å². The molecule has 0 fully saturated rings. The number of benzene rings is 4. The average molecular weight is 866 g/mol. The molecule has 6 N–H and O–H groups in total. The third-order valence-corrected chi connectivity index (χ3v) is 11.0. The molecule has 3 aromatic heterocycles. The number of carbonyl (C=O) groups excluding carboxylic acids is 1. The first-order chi connectivity index (χ1) is 27.3. The number of nitrogens with zero attached hydrogens (tertiary/aromatic N) is 4. The molecule has 0 aliphatic carbocycles. The van der Waals surface area contributed by atoms with Gasteiger partial charge in [0.1, 0.15) is 23.3 Å². The molecule has 0 unspecified atom stereocenters. The highest BCUT2D eigenvalue weighted by molar-refractivity contribution is 7.86. The van der Waals surface area contributed by atoms with Crippen LogP contribution in [0.25, 0.3) is 21.1 Å². The van der Waals surface area contributed by atoms with Gasteiger partial charge in [-0.3, -0.25) is 13.9 Å². The molecule has 0 radical (unpaired) electrons. The highest BCUT2D eigenvalue weighted by atomic mass is 35.5. The van der Waals surface area contributed by atoms with Crippen molar-refractivity contribution in [2.45, 2.75) is 49.6 Å². The second-order valence-electron chi connectivity index (χ2n) is 13.4. The van der Waals surface area contributed by atoms with Crippen molar-refractivity contribution >= 4 is 81.9 Å². The van der Waals surface area contributed by atoms with Crippen LogP contribution in [0.2, 0.25) is 5.02 Å². The highest BCUT2D eigenvalue weighted by Crippen LogP contribution is 2.36. The van der Waals surface area contributed by atoms with Gasteiger partial charge in [-0.05, 0) is 99.9 Å². The maximum atomic E-state index is 12.1. The number of anilines is 2. The fraction of sp³-hybridized carbons (Fsp3) is 0.179. The third-order valence-electron chi connectivity index (χ3n) is 8.18. The Balaban J connectivity index is 0.000000236. The third kappa shape index (κ3) is 11.8. The zero-order valence-corrected chi connectivity index (χ0v) is 34.8. The number of ether oxygens (including phenoxy) is 1. The number of halogens is 1. The Hall–Kier alpha value is -5.47. The van der Waals surface area contributed by atoms with Gasteiger partial charge in [-0.25, -0.2) is 9.97 Å². The van der Waals surface area contributed by atoms with Gasteiger partial charge in [-0.1, -0.05) is 53.1 Å². The van der Waals surface area contributed by atoms with E-state index in [-0.39, 0.29) is 15.7 Å². The maximum absolute atomic E-state index is 12.1. The maximum Gasteiger partial charge on any atom is 0.294 e. The minimum Gasteiger partial charge on any atom is -0.455 e. The molecular weight excluding hydrogens is 826 g/mol. The molecule has 58 heavy (non-hydrogen) atoms.